The minimum atomic E-state index is -1.21. The lowest BCUT2D eigenvalue weighted by Gasteiger charge is -2.36. The molecule has 4 amide bonds. The van der Waals surface area contributed by atoms with Crippen LogP contribution in [0.2, 0.25) is 0 Å². The van der Waals surface area contributed by atoms with Crippen LogP contribution in [0.25, 0.3) is 0 Å². The van der Waals surface area contributed by atoms with E-state index in [1.54, 1.807) is 6.92 Å². The summed E-state index contributed by atoms with van der Waals surface area (Å²) in [6, 6.07) is -0.651. The molecule has 1 atom stereocenters. The Kier molecular flexibility index (Phi) is 3.09. The molecule has 1 unspecified atom stereocenters. The maximum absolute atomic E-state index is 11.9. The van der Waals surface area contributed by atoms with Gasteiger partial charge in [0.2, 0.25) is 11.8 Å². The van der Waals surface area contributed by atoms with Crippen molar-refractivity contribution in [1.29, 1.82) is 0 Å². The molecule has 0 aliphatic carbocycles. The average Bonchev–Trinajstić information content (AvgIpc) is 2.16. The van der Waals surface area contributed by atoms with Gasteiger partial charge in [0, 0.05) is 6.54 Å². The normalized spacial score (nSPS) is 26.9. The maximum atomic E-state index is 11.9. The Labute approximate surface area is 87.8 Å². The van der Waals surface area contributed by atoms with Gasteiger partial charge in [0.1, 0.15) is 5.41 Å². The number of hydrogen-bond acceptors (Lipinski definition) is 4. The van der Waals surface area contributed by atoms with Gasteiger partial charge in [-0.15, -0.1) is 0 Å². The standard InChI is InChI=1S/C9H15N3O3/c1-3-12-7(14)9(2,4-5-10)6(13)11-8(12)15/h3-5,10H2,1-2H3,(H,11,13,15). The number of nitrogens with one attached hydrogen (secondary N) is 1. The highest BCUT2D eigenvalue weighted by Crippen LogP contribution is 2.27. The van der Waals surface area contributed by atoms with Crippen molar-refractivity contribution in [2.45, 2.75) is 20.3 Å². The minimum absolute atomic E-state index is 0.224. The Morgan fingerprint density at radius 2 is 2.00 bits per heavy atom. The van der Waals surface area contributed by atoms with Gasteiger partial charge in [-0.3, -0.25) is 19.8 Å². The molecule has 0 saturated carbocycles. The third-order valence-electron chi connectivity index (χ3n) is 2.64. The fourth-order valence-corrected chi connectivity index (χ4v) is 1.59. The SMILES string of the molecule is CCN1C(=O)NC(=O)C(C)(CCN)C1=O. The number of hydrogen-bond donors (Lipinski definition) is 2. The van der Waals surface area contributed by atoms with Crippen LogP contribution in [-0.2, 0) is 9.59 Å². The van der Waals surface area contributed by atoms with Crippen molar-refractivity contribution in [2.24, 2.45) is 11.1 Å². The first-order valence-electron chi connectivity index (χ1n) is 4.84. The predicted octanol–water partition coefficient (Wildman–Crippen LogP) is -0.560. The molecule has 0 bridgehead atoms. The van der Waals surface area contributed by atoms with E-state index in [-0.39, 0.29) is 19.5 Å². The summed E-state index contributed by atoms with van der Waals surface area (Å²) in [7, 11) is 0. The topological polar surface area (TPSA) is 92.5 Å². The van der Waals surface area contributed by atoms with E-state index in [2.05, 4.69) is 5.32 Å². The van der Waals surface area contributed by atoms with Gasteiger partial charge in [-0.1, -0.05) is 0 Å². The molecule has 1 aliphatic heterocycles. The number of imide groups is 2. The van der Waals surface area contributed by atoms with Crippen molar-refractivity contribution >= 4 is 17.8 Å². The Morgan fingerprint density at radius 1 is 1.40 bits per heavy atom. The van der Waals surface area contributed by atoms with E-state index < -0.39 is 23.3 Å². The van der Waals surface area contributed by atoms with Crippen LogP contribution in [0, 0.1) is 5.41 Å². The number of rotatable bonds is 3. The summed E-state index contributed by atoms with van der Waals surface area (Å²) in [5.41, 5.74) is 4.15. The fraction of sp³-hybridized carbons (Fsp3) is 0.667. The quantitative estimate of drug-likeness (QED) is 0.614. The number of carbonyl (C=O) groups is 3. The summed E-state index contributed by atoms with van der Waals surface area (Å²) in [4.78, 5) is 35.7. The van der Waals surface area contributed by atoms with Crippen molar-refractivity contribution in [3.05, 3.63) is 0 Å². The van der Waals surface area contributed by atoms with E-state index in [1.807, 2.05) is 0 Å². The van der Waals surface area contributed by atoms with E-state index in [0.717, 1.165) is 4.90 Å². The molecule has 0 radical (unpaired) electrons. The molecule has 3 N–H and O–H groups in total. The molecular weight excluding hydrogens is 198 g/mol. The van der Waals surface area contributed by atoms with Crippen molar-refractivity contribution in [1.82, 2.24) is 10.2 Å². The van der Waals surface area contributed by atoms with Gasteiger partial charge in [-0.25, -0.2) is 4.79 Å². The zero-order chi connectivity index (χ0) is 11.6. The average molecular weight is 213 g/mol. The molecule has 0 aromatic heterocycles. The van der Waals surface area contributed by atoms with E-state index in [0.29, 0.717) is 0 Å². The molecular formula is C9H15N3O3. The molecule has 1 aliphatic rings. The van der Waals surface area contributed by atoms with Gasteiger partial charge in [0.15, 0.2) is 0 Å². The molecule has 6 nitrogen and oxygen atoms in total. The molecule has 0 aromatic carbocycles. The number of barbiturate groups is 1. The first kappa shape index (κ1) is 11.6. The van der Waals surface area contributed by atoms with Crippen molar-refractivity contribution in [2.75, 3.05) is 13.1 Å². The lowest BCUT2D eigenvalue weighted by atomic mass is 9.82. The highest BCUT2D eigenvalue weighted by atomic mass is 16.2. The lowest BCUT2D eigenvalue weighted by molar-refractivity contribution is -0.150. The molecule has 1 saturated heterocycles. The Hall–Kier alpha value is -1.43. The molecule has 0 aromatic rings. The molecule has 0 spiro atoms. The second kappa shape index (κ2) is 3.98. The maximum Gasteiger partial charge on any atom is 0.330 e. The Bertz CT molecular complexity index is 316. The third kappa shape index (κ3) is 1.72. The van der Waals surface area contributed by atoms with E-state index in [4.69, 9.17) is 5.73 Å². The zero-order valence-electron chi connectivity index (χ0n) is 8.87. The summed E-state index contributed by atoms with van der Waals surface area (Å²) < 4.78 is 0. The molecule has 1 heterocycles. The van der Waals surface area contributed by atoms with E-state index in [1.165, 1.54) is 6.92 Å². The van der Waals surface area contributed by atoms with Crippen molar-refractivity contribution < 1.29 is 14.4 Å². The van der Waals surface area contributed by atoms with Crippen LogP contribution in [0.5, 0.6) is 0 Å². The number of nitrogens with zero attached hydrogens (tertiary/aromatic N) is 1. The summed E-state index contributed by atoms with van der Waals surface area (Å²) in [5.74, 6) is -1.03. The third-order valence-corrected chi connectivity index (χ3v) is 2.64. The highest BCUT2D eigenvalue weighted by Gasteiger charge is 2.49. The van der Waals surface area contributed by atoms with Gasteiger partial charge in [0.25, 0.3) is 0 Å². The molecule has 1 fully saturated rings. The number of carbonyl (C=O) groups excluding carboxylic acids is 3. The van der Waals surface area contributed by atoms with Gasteiger partial charge < -0.3 is 5.73 Å². The number of nitrogens with two attached hydrogens (primary N) is 1. The second-order valence-electron chi connectivity index (χ2n) is 3.68. The van der Waals surface area contributed by atoms with Crippen LogP contribution >= 0.6 is 0 Å². The number of amides is 4. The van der Waals surface area contributed by atoms with Crippen molar-refractivity contribution in [3.8, 4) is 0 Å². The van der Waals surface area contributed by atoms with E-state index in [9.17, 15) is 14.4 Å². The first-order valence-corrected chi connectivity index (χ1v) is 4.84. The van der Waals surface area contributed by atoms with Crippen LogP contribution in [-0.4, -0.2) is 35.8 Å². The summed E-state index contributed by atoms with van der Waals surface area (Å²) in [6.45, 7) is 3.66. The summed E-state index contributed by atoms with van der Waals surface area (Å²) in [5, 5.41) is 2.16. The monoisotopic (exact) mass is 213 g/mol. The first-order chi connectivity index (χ1) is 6.97. The molecule has 15 heavy (non-hydrogen) atoms. The Balaban J connectivity index is 3.02. The fourth-order valence-electron chi connectivity index (χ4n) is 1.59. The Morgan fingerprint density at radius 3 is 2.47 bits per heavy atom. The lowest BCUT2D eigenvalue weighted by Crippen LogP contribution is -2.63. The van der Waals surface area contributed by atoms with Crippen LogP contribution in [0.15, 0.2) is 0 Å². The minimum Gasteiger partial charge on any atom is -0.330 e. The summed E-state index contributed by atoms with van der Waals surface area (Å²) in [6.07, 6.45) is 0.238. The molecule has 6 heteroatoms. The van der Waals surface area contributed by atoms with E-state index >= 15 is 0 Å². The molecule has 84 valence electrons. The zero-order valence-corrected chi connectivity index (χ0v) is 8.87. The van der Waals surface area contributed by atoms with Crippen LogP contribution < -0.4 is 11.1 Å². The largest absolute Gasteiger partial charge is 0.330 e. The molecule has 1 rings (SSSR count). The van der Waals surface area contributed by atoms with Crippen LogP contribution in [0.1, 0.15) is 20.3 Å². The predicted molar refractivity (Wildman–Crippen MR) is 52.7 cm³/mol. The second-order valence-corrected chi connectivity index (χ2v) is 3.68. The van der Waals surface area contributed by atoms with Gasteiger partial charge in [0.05, 0.1) is 0 Å². The number of urea groups is 1. The summed E-state index contributed by atoms with van der Waals surface area (Å²) >= 11 is 0. The van der Waals surface area contributed by atoms with Gasteiger partial charge in [-0.2, -0.15) is 0 Å². The highest BCUT2D eigenvalue weighted by molar-refractivity contribution is 6.18. The van der Waals surface area contributed by atoms with Crippen LogP contribution in [0.4, 0.5) is 4.79 Å². The van der Waals surface area contributed by atoms with Crippen LogP contribution in [0.3, 0.4) is 0 Å². The van der Waals surface area contributed by atoms with Gasteiger partial charge >= 0.3 is 6.03 Å². The smallest absolute Gasteiger partial charge is 0.330 e. The van der Waals surface area contributed by atoms with Crippen molar-refractivity contribution in [3.63, 3.8) is 0 Å². The van der Waals surface area contributed by atoms with Gasteiger partial charge in [-0.05, 0) is 26.8 Å².